The smallest absolute Gasteiger partial charge is 0.266 e. The van der Waals surface area contributed by atoms with E-state index in [9.17, 15) is 28.5 Å². The van der Waals surface area contributed by atoms with Crippen LogP contribution in [0.2, 0.25) is 0 Å². The molecular weight excluding hydrogens is 470 g/mol. The molecule has 5 N–H and O–H groups in total. The number of hydrogen-bond donors (Lipinski definition) is 5. The normalized spacial score (nSPS) is 43.5. The molecule has 4 rings (SSSR count). The van der Waals surface area contributed by atoms with E-state index in [2.05, 4.69) is 26.1 Å². The van der Waals surface area contributed by atoms with Crippen LogP contribution >= 0.6 is 0 Å². The Morgan fingerprint density at radius 3 is 2.40 bits per heavy atom. The van der Waals surface area contributed by atoms with E-state index in [1.165, 1.54) is 6.42 Å². The summed E-state index contributed by atoms with van der Waals surface area (Å²) in [6.07, 6.45) is 7.47. The molecule has 0 aromatic carbocycles. The Morgan fingerprint density at radius 1 is 1.03 bits per heavy atom. The molecule has 8 nitrogen and oxygen atoms in total. The third-order valence-electron chi connectivity index (χ3n) is 11.0. The summed E-state index contributed by atoms with van der Waals surface area (Å²) >= 11 is 0. The predicted octanol–water partition coefficient (Wildman–Crippen LogP) is 2.72. The molecule has 202 valence electrons. The first kappa shape index (κ1) is 27.3. The van der Waals surface area contributed by atoms with Crippen molar-refractivity contribution in [2.24, 2.45) is 46.3 Å². The zero-order valence-electron chi connectivity index (χ0n) is 21.4. The van der Waals surface area contributed by atoms with Crippen molar-refractivity contribution in [2.75, 3.05) is 12.3 Å². The Balaban J connectivity index is 1.38. The second-order valence-corrected chi connectivity index (χ2v) is 14.4. The molecule has 1 amide bonds. The molecule has 9 atom stereocenters. The number of aliphatic hydroxyl groups excluding tert-OH is 1. The lowest BCUT2D eigenvalue weighted by atomic mass is 9.44. The minimum atomic E-state index is -4.07. The summed E-state index contributed by atoms with van der Waals surface area (Å²) in [5, 5.41) is 33.7. The van der Waals surface area contributed by atoms with Crippen LogP contribution in [0.1, 0.15) is 85.0 Å². The molecule has 35 heavy (non-hydrogen) atoms. The van der Waals surface area contributed by atoms with Gasteiger partial charge in [-0.3, -0.25) is 9.35 Å². The van der Waals surface area contributed by atoms with E-state index in [1.807, 2.05) is 0 Å². The van der Waals surface area contributed by atoms with Gasteiger partial charge < -0.3 is 20.6 Å². The van der Waals surface area contributed by atoms with Gasteiger partial charge in [-0.2, -0.15) is 8.42 Å². The van der Waals surface area contributed by atoms with Gasteiger partial charge in [-0.25, -0.2) is 0 Å². The molecule has 0 bridgehead atoms. The van der Waals surface area contributed by atoms with E-state index in [0.717, 1.165) is 38.5 Å². The molecule has 0 aromatic heterocycles. The van der Waals surface area contributed by atoms with E-state index >= 15 is 0 Å². The van der Waals surface area contributed by atoms with Crippen LogP contribution in [0, 0.1) is 46.3 Å². The lowest BCUT2D eigenvalue weighted by Gasteiger charge is -2.62. The van der Waals surface area contributed by atoms with Crippen LogP contribution in [-0.4, -0.2) is 58.4 Å². The number of hydrogen-bond acceptors (Lipinski definition) is 6. The maximum atomic E-state index is 12.2. The summed E-state index contributed by atoms with van der Waals surface area (Å²) in [7, 11) is -4.07. The molecule has 1 unspecified atom stereocenters. The van der Waals surface area contributed by atoms with Crippen molar-refractivity contribution in [1.82, 2.24) is 5.32 Å². The first-order chi connectivity index (χ1) is 16.2. The van der Waals surface area contributed by atoms with Gasteiger partial charge in [0.05, 0.1) is 5.75 Å². The van der Waals surface area contributed by atoms with Crippen LogP contribution in [-0.2, 0) is 14.9 Å². The molecule has 0 heterocycles. The van der Waals surface area contributed by atoms with Crippen molar-refractivity contribution < 1.29 is 33.1 Å². The molecule has 4 aliphatic rings. The largest absolute Gasteiger partial charge is 0.388 e. The average Bonchev–Trinajstić information content (AvgIpc) is 3.09. The van der Waals surface area contributed by atoms with Gasteiger partial charge in [0, 0.05) is 19.4 Å². The van der Waals surface area contributed by atoms with Crippen molar-refractivity contribution in [2.45, 2.75) is 96.9 Å². The molecule has 0 saturated heterocycles. The first-order valence-corrected chi connectivity index (χ1v) is 15.1. The Morgan fingerprint density at radius 2 is 1.71 bits per heavy atom. The molecule has 4 fully saturated rings. The Kier molecular flexibility index (Phi) is 7.43. The van der Waals surface area contributed by atoms with E-state index in [4.69, 9.17) is 4.55 Å². The Bertz CT molecular complexity index is 907. The van der Waals surface area contributed by atoms with Crippen molar-refractivity contribution in [1.29, 1.82) is 0 Å². The Hall–Kier alpha value is -0.740. The van der Waals surface area contributed by atoms with Gasteiger partial charge in [0.15, 0.2) is 5.79 Å². The van der Waals surface area contributed by atoms with Gasteiger partial charge in [0.1, 0.15) is 6.10 Å². The van der Waals surface area contributed by atoms with E-state index in [0.29, 0.717) is 42.4 Å². The van der Waals surface area contributed by atoms with Crippen molar-refractivity contribution in [3.8, 4) is 0 Å². The molecule has 0 spiro atoms. The summed E-state index contributed by atoms with van der Waals surface area (Å²) in [6.45, 7) is 6.91. The fraction of sp³-hybridized carbons (Fsp3) is 0.962. The number of aliphatic hydroxyl groups is 3. The maximum absolute atomic E-state index is 12.2. The first-order valence-electron chi connectivity index (χ1n) is 13.5. The van der Waals surface area contributed by atoms with E-state index in [1.54, 1.807) is 0 Å². The van der Waals surface area contributed by atoms with Gasteiger partial charge in [-0.15, -0.1) is 0 Å². The molecule has 0 radical (unpaired) electrons. The molecule has 4 aliphatic carbocycles. The minimum Gasteiger partial charge on any atom is -0.388 e. The van der Waals surface area contributed by atoms with Crippen LogP contribution < -0.4 is 5.32 Å². The minimum absolute atomic E-state index is 0.0531. The zero-order chi connectivity index (χ0) is 25.8. The highest BCUT2D eigenvalue weighted by atomic mass is 32.2. The van der Waals surface area contributed by atoms with Crippen molar-refractivity contribution >= 4 is 16.0 Å². The van der Waals surface area contributed by atoms with Crippen molar-refractivity contribution in [3.63, 3.8) is 0 Å². The second kappa shape index (κ2) is 9.53. The maximum Gasteiger partial charge on any atom is 0.266 e. The lowest BCUT2D eigenvalue weighted by Crippen LogP contribution is -2.60. The van der Waals surface area contributed by atoms with Gasteiger partial charge in [-0.05, 0) is 97.7 Å². The quantitative estimate of drug-likeness (QED) is 0.259. The highest BCUT2D eigenvalue weighted by Crippen LogP contribution is 2.68. The van der Waals surface area contributed by atoms with Gasteiger partial charge in [0.25, 0.3) is 10.1 Å². The van der Waals surface area contributed by atoms with Crippen molar-refractivity contribution in [3.05, 3.63) is 0 Å². The summed E-state index contributed by atoms with van der Waals surface area (Å²) < 4.78 is 30.5. The highest BCUT2D eigenvalue weighted by Gasteiger charge is 2.63. The molecule has 9 heteroatoms. The second-order valence-electron chi connectivity index (χ2n) is 12.8. The molecule has 0 aromatic rings. The standard InChI is InChI=1S/C26H45NO7S/c1-16(4-9-23(29)27-12-13-35(32,33)34)19-7-8-20-18-6-5-17-14-26(30,31)22(28)15-25(17,3)21(18)10-11-24(19,20)2/h16-22,28,30-31H,4-15H2,1-3H3,(H,27,29)(H,32,33,34)/t16-,17-,18+,19-,20+,21+,22?,24-,25+/m1/s1. The number of carbonyl (C=O) groups is 1. The third kappa shape index (κ3) is 5.17. The van der Waals surface area contributed by atoms with Crippen LogP contribution in [0.25, 0.3) is 0 Å². The fourth-order valence-electron chi connectivity index (χ4n) is 9.21. The monoisotopic (exact) mass is 515 g/mol. The topological polar surface area (TPSA) is 144 Å². The summed E-state index contributed by atoms with van der Waals surface area (Å²) in [5.41, 5.74) is 0.179. The average molecular weight is 516 g/mol. The third-order valence-corrected chi connectivity index (χ3v) is 11.8. The van der Waals surface area contributed by atoms with Gasteiger partial charge in [-0.1, -0.05) is 20.8 Å². The number of amides is 1. The van der Waals surface area contributed by atoms with Crippen LogP contribution in [0.5, 0.6) is 0 Å². The van der Waals surface area contributed by atoms with E-state index in [-0.39, 0.29) is 35.6 Å². The summed E-state index contributed by atoms with van der Waals surface area (Å²) in [4.78, 5) is 12.2. The molecule has 0 aliphatic heterocycles. The van der Waals surface area contributed by atoms with Crippen LogP contribution in [0.3, 0.4) is 0 Å². The Labute approximate surface area is 210 Å². The lowest BCUT2D eigenvalue weighted by molar-refractivity contribution is -0.284. The summed E-state index contributed by atoms with van der Waals surface area (Å²) in [5.74, 6) is 0.311. The molecule has 4 saturated carbocycles. The zero-order valence-corrected chi connectivity index (χ0v) is 22.3. The number of nitrogens with one attached hydrogen (secondary N) is 1. The number of fused-ring (bicyclic) bond motifs is 5. The number of carbonyl (C=O) groups excluding carboxylic acids is 1. The summed E-state index contributed by atoms with van der Waals surface area (Å²) in [6, 6.07) is 0. The SMILES string of the molecule is C[C@H](CCC(=O)NCCS(=O)(=O)O)[C@H]1CC[C@H]2[C@@H]3CC[C@@H]4CC(O)(O)C(O)C[C@]4(C)[C@H]3CC[C@]12C. The van der Waals surface area contributed by atoms with E-state index < -0.39 is 27.8 Å². The van der Waals surface area contributed by atoms with Gasteiger partial charge >= 0.3 is 0 Å². The molecular formula is C26H45NO7S. The predicted molar refractivity (Wildman–Crippen MR) is 132 cm³/mol. The van der Waals surface area contributed by atoms with Crippen LogP contribution in [0.15, 0.2) is 0 Å². The fourth-order valence-corrected chi connectivity index (χ4v) is 9.57. The number of rotatable bonds is 7. The van der Waals surface area contributed by atoms with Gasteiger partial charge in [0.2, 0.25) is 5.91 Å². The van der Waals surface area contributed by atoms with Crippen LogP contribution in [0.4, 0.5) is 0 Å². The highest BCUT2D eigenvalue weighted by molar-refractivity contribution is 7.85.